The van der Waals surface area contributed by atoms with Gasteiger partial charge in [0.2, 0.25) is 0 Å². The van der Waals surface area contributed by atoms with Gasteiger partial charge in [-0.2, -0.15) is 13.2 Å². The second-order valence-electron chi connectivity index (χ2n) is 5.53. The smallest absolute Gasteiger partial charge is 0.311 e. The summed E-state index contributed by atoms with van der Waals surface area (Å²) in [4.78, 5) is 0. The number of halogens is 3. The number of rotatable bonds is 2. The highest BCUT2D eigenvalue weighted by Crippen LogP contribution is 2.38. The van der Waals surface area contributed by atoms with Crippen molar-refractivity contribution in [2.24, 2.45) is 11.8 Å². The van der Waals surface area contributed by atoms with Crippen molar-refractivity contribution in [3.63, 3.8) is 0 Å². The quantitative estimate of drug-likeness (QED) is 0.772. The molecule has 4 heteroatoms. The molecule has 2 saturated carbocycles. The Kier molecular flexibility index (Phi) is 3.48. The van der Waals surface area contributed by atoms with E-state index < -0.39 is 12.1 Å². The Balaban J connectivity index is 1.69. The molecular weight excluding hydrogens is 215 g/mol. The molecule has 0 radical (unpaired) electrons. The number of nitrogens with one attached hydrogen (secondary N) is 1. The summed E-state index contributed by atoms with van der Waals surface area (Å²) in [7, 11) is 0. The summed E-state index contributed by atoms with van der Waals surface area (Å²) in [6.45, 7) is 2.22. The average molecular weight is 235 g/mol. The van der Waals surface area contributed by atoms with Crippen LogP contribution in [0, 0.1) is 11.8 Å². The lowest BCUT2D eigenvalue weighted by atomic mass is 9.79. The van der Waals surface area contributed by atoms with Gasteiger partial charge in [-0.3, -0.25) is 0 Å². The van der Waals surface area contributed by atoms with Gasteiger partial charge in [-0.05, 0) is 44.4 Å². The van der Waals surface area contributed by atoms with E-state index in [4.69, 9.17) is 0 Å². The zero-order valence-electron chi connectivity index (χ0n) is 9.69. The summed E-state index contributed by atoms with van der Waals surface area (Å²) in [5.74, 6) is -0.255. The summed E-state index contributed by atoms with van der Waals surface area (Å²) in [5.41, 5.74) is 0. The van der Waals surface area contributed by atoms with Crippen LogP contribution in [-0.2, 0) is 0 Å². The molecule has 0 bridgehead atoms. The van der Waals surface area contributed by atoms with Gasteiger partial charge >= 0.3 is 6.18 Å². The molecule has 0 aromatic rings. The van der Waals surface area contributed by atoms with Crippen LogP contribution in [0.3, 0.4) is 0 Å². The van der Waals surface area contributed by atoms with E-state index in [9.17, 15) is 13.2 Å². The van der Waals surface area contributed by atoms with Crippen molar-refractivity contribution < 1.29 is 13.2 Å². The van der Waals surface area contributed by atoms with E-state index in [2.05, 4.69) is 12.2 Å². The minimum Gasteiger partial charge on any atom is -0.311 e. The first kappa shape index (κ1) is 12.2. The van der Waals surface area contributed by atoms with Gasteiger partial charge in [-0.15, -0.1) is 0 Å². The van der Waals surface area contributed by atoms with E-state index in [0.717, 1.165) is 5.92 Å². The zero-order valence-corrected chi connectivity index (χ0v) is 9.69. The van der Waals surface area contributed by atoms with Crippen LogP contribution in [0.5, 0.6) is 0 Å². The number of hydrogen-bond acceptors (Lipinski definition) is 1. The lowest BCUT2D eigenvalue weighted by molar-refractivity contribution is -0.182. The molecule has 94 valence electrons. The molecular formula is C12H20F3N. The Morgan fingerprint density at radius 2 is 1.50 bits per heavy atom. The van der Waals surface area contributed by atoms with Gasteiger partial charge in [0.1, 0.15) is 0 Å². The summed E-state index contributed by atoms with van der Waals surface area (Å²) in [5, 5.41) is 3.49. The minimum absolute atomic E-state index is 0.309. The summed E-state index contributed by atoms with van der Waals surface area (Å²) < 4.78 is 37.3. The predicted molar refractivity (Wildman–Crippen MR) is 57.1 cm³/mol. The van der Waals surface area contributed by atoms with Crippen LogP contribution in [-0.4, -0.2) is 18.3 Å². The highest BCUT2D eigenvalue weighted by molar-refractivity contribution is 4.88. The molecule has 0 amide bonds. The fraction of sp³-hybridized carbons (Fsp3) is 1.00. The van der Waals surface area contributed by atoms with Crippen LogP contribution >= 0.6 is 0 Å². The number of hydrogen-bond donors (Lipinski definition) is 1. The Bertz CT molecular complexity index is 225. The van der Waals surface area contributed by atoms with E-state index >= 15 is 0 Å². The zero-order chi connectivity index (χ0) is 11.8. The van der Waals surface area contributed by atoms with Crippen molar-refractivity contribution in [2.45, 2.75) is 63.7 Å². The first-order chi connectivity index (χ1) is 7.45. The van der Waals surface area contributed by atoms with Crippen LogP contribution in [0.25, 0.3) is 0 Å². The van der Waals surface area contributed by atoms with Crippen molar-refractivity contribution >= 4 is 0 Å². The third-order valence-electron chi connectivity index (χ3n) is 4.04. The highest BCUT2D eigenvalue weighted by atomic mass is 19.4. The SMILES string of the molecule is CC1CC(NC2CCC(C(F)(F)F)CC2)C1. The normalized spacial score (nSPS) is 40.5. The topological polar surface area (TPSA) is 12.0 Å². The monoisotopic (exact) mass is 235 g/mol. The molecule has 2 rings (SSSR count). The molecule has 16 heavy (non-hydrogen) atoms. The maximum Gasteiger partial charge on any atom is 0.391 e. The Labute approximate surface area is 94.8 Å². The van der Waals surface area contributed by atoms with Gasteiger partial charge < -0.3 is 5.32 Å². The lowest BCUT2D eigenvalue weighted by Gasteiger charge is -2.39. The van der Waals surface area contributed by atoms with Crippen molar-refractivity contribution in [1.82, 2.24) is 5.32 Å². The summed E-state index contributed by atoms with van der Waals surface area (Å²) >= 11 is 0. The maximum absolute atomic E-state index is 12.4. The first-order valence-corrected chi connectivity index (χ1v) is 6.28. The molecule has 0 atom stereocenters. The maximum atomic E-state index is 12.4. The van der Waals surface area contributed by atoms with E-state index in [1.54, 1.807) is 0 Å². The molecule has 0 aromatic heterocycles. The highest BCUT2D eigenvalue weighted by Gasteiger charge is 2.41. The third kappa shape index (κ3) is 2.90. The van der Waals surface area contributed by atoms with Gasteiger partial charge in [0.05, 0.1) is 5.92 Å². The molecule has 2 aliphatic carbocycles. The fourth-order valence-electron chi connectivity index (χ4n) is 2.96. The van der Waals surface area contributed by atoms with Crippen molar-refractivity contribution in [1.29, 1.82) is 0 Å². The van der Waals surface area contributed by atoms with Gasteiger partial charge in [0.25, 0.3) is 0 Å². The summed E-state index contributed by atoms with van der Waals surface area (Å²) in [6, 6.07) is 0.901. The van der Waals surface area contributed by atoms with Crippen molar-refractivity contribution in [3.05, 3.63) is 0 Å². The van der Waals surface area contributed by atoms with E-state index in [1.165, 1.54) is 12.8 Å². The number of alkyl halides is 3. The fourth-order valence-corrected chi connectivity index (χ4v) is 2.96. The molecule has 0 unspecified atom stereocenters. The molecule has 0 spiro atoms. The molecule has 2 aliphatic rings. The molecule has 2 fully saturated rings. The molecule has 0 saturated heterocycles. The second kappa shape index (κ2) is 4.55. The standard InChI is InChI=1S/C12H20F3N/c1-8-6-11(7-8)16-10-4-2-9(3-5-10)12(13,14)15/h8-11,16H,2-7H2,1H3. The first-order valence-electron chi connectivity index (χ1n) is 6.28. The lowest BCUT2D eigenvalue weighted by Crippen LogP contribution is -2.47. The minimum atomic E-state index is -3.98. The van der Waals surface area contributed by atoms with E-state index in [0.29, 0.717) is 37.8 Å². The molecule has 0 aromatic carbocycles. The Morgan fingerprint density at radius 1 is 0.938 bits per heavy atom. The Morgan fingerprint density at radius 3 is 1.94 bits per heavy atom. The van der Waals surface area contributed by atoms with Crippen molar-refractivity contribution in [3.8, 4) is 0 Å². The average Bonchev–Trinajstić information content (AvgIpc) is 2.15. The third-order valence-corrected chi connectivity index (χ3v) is 4.04. The Hall–Kier alpha value is -0.250. The predicted octanol–water partition coefficient (Wildman–Crippen LogP) is 3.50. The molecule has 0 aliphatic heterocycles. The molecule has 1 nitrogen and oxygen atoms in total. The van der Waals surface area contributed by atoms with Crippen LogP contribution in [0.4, 0.5) is 13.2 Å². The van der Waals surface area contributed by atoms with E-state index in [1.807, 2.05) is 0 Å². The molecule has 0 heterocycles. The van der Waals surface area contributed by atoms with Crippen LogP contribution in [0.15, 0.2) is 0 Å². The van der Waals surface area contributed by atoms with Crippen LogP contribution in [0.1, 0.15) is 45.4 Å². The molecule has 1 N–H and O–H groups in total. The second-order valence-corrected chi connectivity index (χ2v) is 5.53. The van der Waals surface area contributed by atoms with Crippen LogP contribution < -0.4 is 5.32 Å². The van der Waals surface area contributed by atoms with E-state index in [-0.39, 0.29) is 0 Å². The summed E-state index contributed by atoms with van der Waals surface area (Å²) in [6.07, 6.45) is 0.408. The van der Waals surface area contributed by atoms with Crippen LogP contribution in [0.2, 0.25) is 0 Å². The van der Waals surface area contributed by atoms with Gasteiger partial charge in [-0.25, -0.2) is 0 Å². The van der Waals surface area contributed by atoms with Gasteiger partial charge in [0.15, 0.2) is 0 Å². The van der Waals surface area contributed by atoms with Gasteiger partial charge in [0, 0.05) is 12.1 Å². The van der Waals surface area contributed by atoms with Crippen molar-refractivity contribution in [2.75, 3.05) is 0 Å². The largest absolute Gasteiger partial charge is 0.391 e. The van der Waals surface area contributed by atoms with Gasteiger partial charge in [-0.1, -0.05) is 6.92 Å².